The fraction of sp³-hybridized carbons (Fsp3) is 0.471. The molecule has 0 radical (unpaired) electrons. The van der Waals surface area contributed by atoms with Crippen LogP contribution in [0.15, 0.2) is 32.3 Å². The zero-order chi connectivity index (χ0) is 21.8. The monoisotopic (exact) mass is 426 g/mol. The van der Waals surface area contributed by atoms with E-state index in [-0.39, 0.29) is 23.6 Å². The Balaban J connectivity index is 1.83. The number of rotatable bonds is 4. The number of primary amides is 1. The molecule has 1 aliphatic rings. The number of carbonyl (C=O) groups is 2. The molecule has 0 saturated carbocycles. The van der Waals surface area contributed by atoms with Crippen LogP contribution in [0.1, 0.15) is 20.8 Å². The molecule has 1 aliphatic heterocycles. The van der Waals surface area contributed by atoms with E-state index < -0.39 is 38.9 Å². The fourth-order valence-electron chi connectivity index (χ4n) is 2.93. The van der Waals surface area contributed by atoms with Gasteiger partial charge in [0.05, 0.1) is 23.5 Å². The van der Waals surface area contributed by atoms with E-state index in [9.17, 15) is 22.8 Å². The fourth-order valence-corrected chi connectivity index (χ4v) is 4.30. The number of ether oxygens (including phenoxy) is 1. The first-order valence-corrected chi connectivity index (χ1v) is 10.1. The van der Waals surface area contributed by atoms with Crippen molar-refractivity contribution in [3.05, 3.63) is 28.7 Å². The molecular formula is C17H22N4O7S. The number of sulfonamides is 1. The second-order valence-corrected chi connectivity index (χ2v) is 9.63. The quantitative estimate of drug-likeness (QED) is 0.691. The van der Waals surface area contributed by atoms with Crippen molar-refractivity contribution in [1.29, 1.82) is 0 Å². The summed E-state index contributed by atoms with van der Waals surface area (Å²) < 4.78 is 39.3. The minimum Gasteiger partial charge on any atom is -0.444 e. The molecule has 3 rings (SSSR count). The minimum absolute atomic E-state index is 0.0810. The molecule has 29 heavy (non-hydrogen) atoms. The second kappa shape index (κ2) is 6.59. The lowest BCUT2D eigenvalue weighted by atomic mass is 9.91. The second-order valence-electron chi connectivity index (χ2n) is 7.94. The molecule has 0 spiro atoms. The standard InChI is InChI=1S/C17H22N4O7S/c1-16(2,3)28-15(24)21-8-17(9-21,13(18)22)19-29(25,26)10-5-6-11-12(7-10)27-14(23)20(11)4/h5-7,19H,8-9H2,1-4H3,(H2,18,22). The van der Waals surface area contributed by atoms with Crippen LogP contribution < -0.4 is 16.2 Å². The predicted octanol–water partition coefficient (Wildman–Crippen LogP) is -0.115. The highest BCUT2D eigenvalue weighted by atomic mass is 32.2. The largest absolute Gasteiger partial charge is 0.444 e. The van der Waals surface area contributed by atoms with Gasteiger partial charge >= 0.3 is 11.8 Å². The summed E-state index contributed by atoms with van der Waals surface area (Å²) in [7, 11) is -2.72. The van der Waals surface area contributed by atoms with Gasteiger partial charge < -0.3 is 19.8 Å². The average Bonchev–Trinajstić information content (AvgIpc) is 2.82. The summed E-state index contributed by atoms with van der Waals surface area (Å²) in [5, 5.41) is 0. The lowest BCUT2D eigenvalue weighted by molar-refractivity contribution is -0.129. The highest BCUT2D eigenvalue weighted by Gasteiger charge is 2.53. The summed E-state index contributed by atoms with van der Waals surface area (Å²) in [6, 6.07) is 3.87. The van der Waals surface area contributed by atoms with E-state index in [2.05, 4.69) is 4.72 Å². The molecule has 1 fully saturated rings. The van der Waals surface area contributed by atoms with Crippen LogP contribution in [0.3, 0.4) is 0 Å². The first-order chi connectivity index (χ1) is 13.2. The number of oxazole rings is 1. The summed E-state index contributed by atoms with van der Waals surface area (Å²) in [5.74, 6) is -1.56. The van der Waals surface area contributed by atoms with Crippen LogP contribution in [0.4, 0.5) is 4.79 Å². The summed E-state index contributed by atoms with van der Waals surface area (Å²) in [6.45, 7) is 4.53. The van der Waals surface area contributed by atoms with Crippen LogP contribution in [0.2, 0.25) is 0 Å². The summed E-state index contributed by atoms with van der Waals surface area (Å²) in [5.41, 5.74) is 3.51. The molecule has 12 heteroatoms. The Morgan fingerprint density at radius 2 is 1.90 bits per heavy atom. The Bertz CT molecular complexity index is 1150. The SMILES string of the molecule is Cn1c(=O)oc2cc(S(=O)(=O)NC3(C(N)=O)CN(C(=O)OC(C)(C)C)C3)ccc21. The number of carbonyl (C=O) groups excluding carboxylic acids is 2. The number of fused-ring (bicyclic) bond motifs is 1. The molecule has 11 nitrogen and oxygen atoms in total. The molecule has 1 saturated heterocycles. The zero-order valence-electron chi connectivity index (χ0n) is 16.4. The molecule has 2 amide bonds. The maximum absolute atomic E-state index is 12.8. The molecule has 2 aromatic rings. The van der Waals surface area contributed by atoms with Crippen molar-refractivity contribution in [3.8, 4) is 0 Å². The van der Waals surface area contributed by atoms with Crippen LogP contribution in [0.5, 0.6) is 0 Å². The number of nitrogens with one attached hydrogen (secondary N) is 1. The van der Waals surface area contributed by atoms with Crippen molar-refractivity contribution in [1.82, 2.24) is 14.2 Å². The number of likely N-dealkylation sites (tertiary alicyclic amines) is 1. The third-order valence-corrected chi connectivity index (χ3v) is 5.98. The molecule has 1 aromatic heterocycles. The van der Waals surface area contributed by atoms with Crippen molar-refractivity contribution in [2.24, 2.45) is 12.8 Å². The Morgan fingerprint density at radius 3 is 2.45 bits per heavy atom. The topological polar surface area (TPSA) is 154 Å². The van der Waals surface area contributed by atoms with Crippen LogP contribution in [0, 0.1) is 0 Å². The van der Waals surface area contributed by atoms with E-state index in [0.29, 0.717) is 5.52 Å². The maximum Gasteiger partial charge on any atom is 0.419 e. The van der Waals surface area contributed by atoms with E-state index in [4.69, 9.17) is 14.9 Å². The molecular weight excluding hydrogens is 404 g/mol. The third kappa shape index (κ3) is 3.85. The van der Waals surface area contributed by atoms with E-state index >= 15 is 0 Å². The predicted molar refractivity (Wildman–Crippen MR) is 102 cm³/mol. The Hall–Kier alpha value is -2.86. The maximum atomic E-state index is 12.8. The number of hydrogen-bond acceptors (Lipinski definition) is 7. The number of amides is 2. The highest BCUT2D eigenvalue weighted by Crippen LogP contribution is 2.27. The van der Waals surface area contributed by atoms with Gasteiger partial charge in [-0.25, -0.2) is 18.0 Å². The summed E-state index contributed by atoms with van der Waals surface area (Å²) >= 11 is 0. The smallest absolute Gasteiger partial charge is 0.419 e. The highest BCUT2D eigenvalue weighted by molar-refractivity contribution is 7.89. The van der Waals surface area contributed by atoms with Gasteiger partial charge in [-0.05, 0) is 32.9 Å². The number of aromatic nitrogens is 1. The number of aryl methyl sites for hydroxylation is 1. The third-order valence-electron chi connectivity index (χ3n) is 4.45. The zero-order valence-corrected chi connectivity index (χ0v) is 17.2. The minimum atomic E-state index is -4.20. The summed E-state index contributed by atoms with van der Waals surface area (Å²) in [4.78, 5) is 36.6. The number of nitrogens with two attached hydrogens (primary N) is 1. The first-order valence-electron chi connectivity index (χ1n) is 8.65. The van der Waals surface area contributed by atoms with Crippen LogP contribution >= 0.6 is 0 Å². The van der Waals surface area contributed by atoms with E-state index in [1.807, 2.05) is 0 Å². The molecule has 0 bridgehead atoms. The van der Waals surface area contributed by atoms with E-state index in [1.165, 1.54) is 34.7 Å². The van der Waals surface area contributed by atoms with Gasteiger partial charge in [-0.2, -0.15) is 4.72 Å². The van der Waals surface area contributed by atoms with Gasteiger partial charge in [-0.15, -0.1) is 0 Å². The van der Waals surface area contributed by atoms with Crippen molar-refractivity contribution < 1.29 is 27.2 Å². The molecule has 3 N–H and O–H groups in total. The molecule has 0 atom stereocenters. The van der Waals surface area contributed by atoms with Crippen LogP contribution in [-0.2, 0) is 26.6 Å². The van der Waals surface area contributed by atoms with Gasteiger partial charge in [0.15, 0.2) is 5.58 Å². The number of hydrogen-bond donors (Lipinski definition) is 2. The average molecular weight is 426 g/mol. The van der Waals surface area contributed by atoms with Crippen molar-refractivity contribution >= 4 is 33.1 Å². The molecule has 2 heterocycles. The molecule has 0 aliphatic carbocycles. The van der Waals surface area contributed by atoms with Crippen molar-refractivity contribution in [2.45, 2.75) is 36.8 Å². The number of nitrogens with zero attached hydrogens (tertiary/aromatic N) is 2. The van der Waals surface area contributed by atoms with Crippen molar-refractivity contribution in [3.63, 3.8) is 0 Å². The van der Waals surface area contributed by atoms with Gasteiger partial charge in [-0.1, -0.05) is 0 Å². The van der Waals surface area contributed by atoms with Crippen molar-refractivity contribution in [2.75, 3.05) is 13.1 Å². The van der Waals surface area contributed by atoms with Crippen LogP contribution in [0.25, 0.3) is 11.1 Å². The van der Waals surface area contributed by atoms with Gasteiger partial charge in [0.25, 0.3) is 0 Å². The Morgan fingerprint density at radius 1 is 1.28 bits per heavy atom. The van der Waals surface area contributed by atoms with Gasteiger partial charge in [0.1, 0.15) is 11.1 Å². The van der Waals surface area contributed by atoms with Gasteiger partial charge in [-0.3, -0.25) is 9.36 Å². The molecule has 158 valence electrons. The summed E-state index contributed by atoms with van der Waals surface area (Å²) in [6.07, 6.45) is -0.680. The molecule has 0 unspecified atom stereocenters. The lowest BCUT2D eigenvalue weighted by Gasteiger charge is -2.47. The van der Waals surface area contributed by atoms with Gasteiger partial charge in [0, 0.05) is 13.1 Å². The van der Waals surface area contributed by atoms with Gasteiger partial charge in [0.2, 0.25) is 15.9 Å². The Kier molecular flexibility index (Phi) is 4.74. The molecule has 1 aromatic carbocycles. The first kappa shape index (κ1) is 20.9. The van der Waals surface area contributed by atoms with Crippen LogP contribution in [-0.4, -0.2) is 54.1 Å². The normalized spacial score (nSPS) is 16.5. The number of benzene rings is 1. The Labute approximate surface area is 166 Å². The lowest BCUT2D eigenvalue weighted by Crippen LogP contribution is -2.76. The van der Waals surface area contributed by atoms with E-state index in [0.717, 1.165) is 0 Å². The van der Waals surface area contributed by atoms with E-state index in [1.54, 1.807) is 20.8 Å².